The molecular formula is C23H23NO4. The van der Waals surface area contributed by atoms with Crippen LogP contribution >= 0.6 is 0 Å². The van der Waals surface area contributed by atoms with Crippen molar-refractivity contribution in [2.75, 3.05) is 13.7 Å². The van der Waals surface area contributed by atoms with Crippen LogP contribution in [0.2, 0.25) is 0 Å². The Kier molecular flexibility index (Phi) is 6.76. The normalized spacial score (nSPS) is 11.6. The van der Waals surface area contributed by atoms with Crippen LogP contribution in [-0.2, 0) is 11.2 Å². The second kappa shape index (κ2) is 9.67. The Balaban J connectivity index is 1.54. The Morgan fingerprint density at radius 2 is 1.89 bits per heavy atom. The highest BCUT2D eigenvalue weighted by Gasteiger charge is 2.08. The zero-order valence-electron chi connectivity index (χ0n) is 15.7. The first kappa shape index (κ1) is 19.6. The summed E-state index contributed by atoms with van der Waals surface area (Å²) in [7, 11) is 1.37. The van der Waals surface area contributed by atoms with E-state index < -0.39 is 6.10 Å². The van der Waals surface area contributed by atoms with E-state index in [9.17, 15) is 9.90 Å². The number of aryl methyl sites for hydroxylation is 1. The topological polar surface area (TPSA) is 68.7 Å². The maximum absolute atomic E-state index is 11.7. The lowest BCUT2D eigenvalue weighted by molar-refractivity contribution is 0.0601. The predicted molar refractivity (Wildman–Crippen MR) is 107 cm³/mol. The SMILES string of the molecule is COC(=O)c1cccc(-c2ccc(OC[C@H](O)CCc3cccnc3)cc2)c1. The molecule has 3 aromatic rings. The molecule has 0 saturated heterocycles. The minimum atomic E-state index is -0.545. The molecule has 0 aliphatic carbocycles. The molecule has 0 aliphatic heterocycles. The van der Waals surface area contributed by atoms with Crippen LogP contribution in [0.25, 0.3) is 11.1 Å². The van der Waals surface area contributed by atoms with Crippen molar-refractivity contribution in [3.8, 4) is 16.9 Å². The Bertz CT molecular complexity index is 894. The number of rotatable bonds is 8. The Morgan fingerprint density at radius 1 is 1.07 bits per heavy atom. The second-order valence-corrected chi connectivity index (χ2v) is 6.46. The summed E-state index contributed by atoms with van der Waals surface area (Å²) in [6.45, 7) is 0.234. The lowest BCUT2D eigenvalue weighted by Crippen LogP contribution is -2.18. The number of benzene rings is 2. The minimum Gasteiger partial charge on any atom is -0.491 e. The number of aliphatic hydroxyl groups is 1. The van der Waals surface area contributed by atoms with Gasteiger partial charge in [0, 0.05) is 12.4 Å². The van der Waals surface area contributed by atoms with Crippen LogP contribution < -0.4 is 4.74 Å². The van der Waals surface area contributed by atoms with Gasteiger partial charge in [0.25, 0.3) is 0 Å². The molecule has 1 aromatic heterocycles. The van der Waals surface area contributed by atoms with Crippen LogP contribution in [0, 0.1) is 0 Å². The average molecular weight is 377 g/mol. The lowest BCUT2D eigenvalue weighted by Gasteiger charge is -2.13. The number of carbonyl (C=O) groups is 1. The predicted octanol–water partition coefficient (Wildman–Crippen LogP) is 3.91. The highest BCUT2D eigenvalue weighted by Crippen LogP contribution is 2.24. The highest BCUT2D eigenvalue weighted by molar-refractivity contribution is 5.90. The lowest BCUT2D eigenvalue weighted by atomic mass is 10.0. The zero-order chi connectivity index (χ0) is 19.8. The summed E-state index contributed by atoms with van der Waals surface area (Å²) >= 11 is 0. The smallest absolute Gasteiger partial charge is 0.337 e. The maximum Gasteiger partial charge on any atom is 0.337 e. The van der Waals surface area contributed by atoms with Crippen LogP contribution in [0.5, 0.6) is 5.75 Å². The first-order chi connectivity index (χ1) is 13.7. The molecule has 5 heteroatoms. The van der Waals surface area contributed by atoms with Crippen molar-refractivity contribution >= 4 is 5.97 Å². The van der Waals surface area contributed by atoms with Gasteiger partial charge in [0.05, 0.1) is 18.8 Å². The standard InChI is InChI=1S/C23H23NO4/c1-27-23(26)20-6-2-5-19(14-20)18-8-11-22(12-9-18)28-16-21(25)10-7-17-4-3-13-24-15-17/h2-6,8-9,11-15,21,25H,7,10,16H2,1H3/t21-/m1/s1. The van der Waals surface area contributed by atoms with E-state index in [0.29, 0.717) is 17.7 Å². The average Bonchev–Trinajstić information content (AvgIpc) is 2.77. The third kappa shape index (κ3) is 5.41. The second-order valence-electron chi connectivity index (χ2n) is 6.46. The van der Waals surface area contributed by atoms with Gasteiger partial charge in [-0.2, -0.15) is 0 Å². The molecule has 0 saturated carbocycles. The highest BCUT2D eigenvalue weighted by atomic mass is 16.5. The van der Waals surface area contributed by atoms with Crippen molar-refractivity contribution in [2.24, 2.45) is 0 Å². The number of carbonyl (C=O) groups excluding carboxylic acids is 1. The fraction of sp³-hybridized carbons (Fsp3) is 0.217. The summed E-state index contributed by atoms with van der Waals surface area (Å²) in [5.74, 6) is 0.329. The van der Waals surface area contributed by atoms with Crippen molar-refractivity contribution in [3.63, 3.8) is 0 Å². The zero-order valence-corrected chi connectivity index (χ0v) is 15.7. The molecule has 1 N–H and O–H groups in total. The van der Waals surface area contributed by atoms with Crippen LogP contribution in [0.3, 0.4) is 0 Å². The largest absolute Gasteiger partial charge is 0.491 e. The summed E-state index contributed by atoms with van der Waals surface area (Å²) in [5.41, 5.74) is 3.50. The van der Waals surface area contributed by atoms with Gasteiger partial charge in [-0.15, -0.1) is 0 Å². The van der Waals surface area contributed by atoms with E-state index in [-0.39, 0.29) is 12.6 Å². The van der Waals surface area contributed by atoms with Crippen LogP contribution in [0.15, 0.2) is 73.1 Å². The van der Waals surface area contributed by atoms with E-state index in [4.69, 9.17) is 9.47 Å². The van der Waals surface area contributed by atoms with E-state index in [1.54, 1.807) is 18.3 Å². The molecule has 0 aliphatic rings. The third-order valence-electron chi connectivity index (χ3n) is 4.40. The number of aliphatic hydroxyl groups excluding tert-OH is 1. The molecule has 0 amide bonds. The third-order valence-corrected chi connectivity index (χ3v) is 4.40. The Hall–Kier alpha value is -3.18. The van der Waals surface area contributed by atoms with Crippen molar-refractivity contribution in [3.05, 3.63) is 84.2 Å². The van der Waals surface area contributed by atoms with Gasteiger partial charge in [0.2, 0.25) is 0 Å². The number of hydrogen-bond acceptors (Lipinski definition) is 5. The van der Waals surface area contributed by atoms with E-state index in [0.717, 1.165) is 23.1 Å². The molecule has 144 valence electrons. The van der Waals surface area contributed by atoms with Crippen LogP contribution in [-0.4, -0.2) is 35.9 Å². The van der Waals surface area contributed by atoms with Crippen LogP contribution in [0.4, 0.5) is 0 Å². The number of methoxy groups -OCH3 is 1. The van der Waals surface area contributed by atoms with E-state index in [2.05, 4.69) is 4.98 Å². The van der Waals surface area contributed by atoms with Gasteiger partial charge in [-0.1, -0.05) is 30.3 Å². The number of ether oxygens (including phenoxy) is 2. The number of esters is 1. The van der Waals surface area contributed by atoms with Gasteiger partial charge >= 0.3 is 5.97 Å². The molecule has 0 bridgehead atoms. The number of nitrogens with zero attached hydrogens (tertiary/aromatic N) is 1. The van der Waals surface area contributed by atoms with Gasteiger partial charge < -0.3 is 14.6 Å². The van der Waals surface area contributed by atoms with Crippen molar-refractivity contribution in [2.45, 2.75) is 18.9 Å². The summed E-state index contributed by atoms with van der Waals surface area (Å²) in [6, 6.07) is 18.7. The summed E-state index contributed by atoms with van der Waals surface area (Å²) in [6.07, 6.45) is 4.37. The number of pyridine rings is 1. The van der Waals surface area contributed by atoms with Crippen LogP contribution in [0.1, 0.15) is 22.3 Å². The molecule has 5 nitrogen and oxygen atoms in total. The Labute approximate surface area is 164 Å². The quantitative estimate of drug-likeness (QED) is 0.603. The van der Waals surface area contributed by atoms with E-state index in [1.807, 2.05) is 54.7 Å². The molecule has 0 unspecified atom stereocenters. The van der Waals surface area contributed by atoms with Gasteiger partial charge in [0.15, 0.2) is 0 Å². The number of hydrogen-bond donors (Lipinski definition) is 1. The van der Waals surface area contributed by atoms with E-state index in [1.165, 1.54) is 7.11 Å². The summed E-state index contributed by atoms with van der Waals surface area (Å²) < 4.78 is 10.4. The summed E-state index contributed by atoms with van der Waals surface area (Å²) in [4.78, 5) is 15.7. The maximum atomic E-state index is 11.7. The van der Waals surface area contributed by atoms with Crippen molar-refractivity contribution < 1.29 is 19.4 Å². The minimum absolute atomic E-state index is 0.234. The molecule has 2 aromatic carbocycles. The fourth-order valence-electron chi connectivity index (χ4n) is 2.84. The molecule has 0 fully saturated rings. The molecule has 3 rings (SSSR count). The first-order valence-corrected chi connectivity index (χ1v) is 9.14. The number of aromatic nitrogens is 1. The first-order valence-electron chi connectivity index (χ1n) is 9.14. The van der Waals surface area contributed by atoms with Gasteiger partial charge in [-0.3, -0.25) is 4.98 Å². The monoisotopic (exact) mass is 377 g/mol. The molecule has 0 spiro atoms. The molecule has 28 heavy (non-hydrogen) atoms. The molecular weight excluding hydrogens is 354 g/mol. The van der Waals surface area contributed by atoms with Gasteiger partial charge in [-0.05, 0) is 59.9 Å². The fourth-order valence-corrected chi connectivity index (χ4v) is 2.84. The van der Waals surface area contributed by atoms with Gasteiger partial charge in [-0.25, -0.2) is 4.79 Å². The van der Waals surface area contributed by atoms with Crippen molar-refractivity contribution in [1.82, 2.24) is 4.98 Å². The molecule has 0 radical (unpaired) electrons. The van der Waals surface area contributed by atoms with Gasteiger partial charge in [0.1, 0.15) is 12.4 Å². The molecule has 1 heterocycles. The van der Waals surface area contributed by atoms with Crippen molar-refractivity contribution in [1.29, 1.82) is 0 Å². The summed E-state index contributed by atoms with van der Waals surface area (Å²) in [5, 5.41) is 10.1. The van der Waals surface area contributed by atoms with E-state index >= 15 is 0 Å². The molecule has 1 atom stereocenters. The Morgan fingerprint density at radius 3 is 2.61 bits per heavy atom.